The molecule has 8 nitrogen and oxygen atoms in total. The van der Waals surface area contributed by atoms with E-state index in [4.69, 9.17) is 27.9 Å². The van der Waals surface area contributed by atoms with Crippen LogP contribution in [0.4, 0.5) is 0 Å². The molecule has 6 aliphatic heterocycles. The van der Waals surface area contributed by atoms with Crippen molar-refractivity contribution in [2.45, 2.75) is 37.0 Å². The first-order chi connectivity index (χ1) is 7.32. The van der Waals surface area contributed by atoms with Crippen LogP contribution in [-0.2, 0) is 27.9 Å². The summed E-state index contributed by atoms with van der Waals surface area (Å²) in [4.78, 5) is 0. The summed E-state index contributed by atoms with van der Waals surface area (Å²) in [6, 6.07) is 0. The Morgan fingerprint density at radius 2 is 1.00 bits per heavy atom. The molecule has 6 rings (SSSR count). The van der Waals surface area contributed by atoms with Crippen molar-refractivity contribution in [3.05, 3.63) is 0 Å². The fraction of sp³-hybridized carbons (Fsp3) is 1.00. The lowest BCUT2D eigenvalue weighted by Crippen LogP contribution is -2.94. The molecule has 0 aliphatic carbocycles. The number of hydrogen-bond donors (Lipinski definition) is 2. The van der Waals surface area contributed by atoms with Gasteiger partial charge in [-0.3, -0.25) is 0 Å². The van der Waals surface area contributed by atoms with Gasteiger partial charge in [-0.1, -0.05) is 0 Å². The molecule has 0 amide bonds. The van der Waals surface area contributed by atoms with Crippen molar-refractivity contribution < 1.29 is 38.1 Å². The van der Waals surface area contributed by atoms with Crippen LogP contribution in [-0.4, -0.2) is 48.0 Å². The lowest BCUT2D eigenvalue weighted by atomic mass is 9.72. The van der Waals surface area contributed by atoms with Gasteiger partial charge in [0.05, 0.1) is 0 Å². The van der Waals surface area contributed by atoms with Crippen LogP contribution in [0.2, 0.25) is 0 Å². The van der Waals surface area contributed by atoms with Gasteiger partial charge in [-0.05, 0) is 13.8 Å². The van der Waals surface area contributed by atoms with Crippen molar-refractivity contribution >= 4 is 14.6 Å². The van der Waals surface area contributed by atoms with Crippen LogP contribution in [0, 0.1) is 0 Å². The van der Waals surface area contributed by atoms with E-state index >= 15 is 0 Å². The molecular weight excluding hydrogens is 222 g/mol. The molecule has 6 saturated heterocycles. The highest BCUT2D eigenvalue weighted by Crippen LogP contribution is 2.60. The first kappa shape index (κ1) is 9.80. The van der Waals surface area contributed by atoms with Gasteiger partial charge in [-0.15, -0.1) is 0 Å². The van der Waals surface area contributed by atoms with E-state index in [1.807, 2.05) is 0 Å². The maximum absolute atomic E-state index is 10.3. The summed E-state index contributed by atoms with van der Waals surface area (Å²) in [6.07, 6.45) is 0. The van der Waals surface area contributed by atoms with Gasteiger partial charge in [0.1, 0.15) is 0 Å². The Kier molecular flexibility index (Phi) is 1.35. The standard InChI is InChI=1S/C6H8B2O8/c1-3(9,5-11-7(12-5)13-5)4(2,10)6-14-8(15-6)16-6/h9-10H,1-2H3. The van der Waals surface area contributed by atoms with E-state index in [0.29, 0.717) is 0 Å². The van der Waals surface area contributed by atoms with Crippen LogP contribution in [0.5, 0.6) is 0 Å². The van der Waals surface area contributed by atoms with Gasteiger partial charge in [0.25, 0.3) is 11.9 Å². The molecule has 6 aliphatic rings. The fourth-order valence-electron chi connectivity index (χ4n) is 2.10. The minimum Gasteiger partial charge on any atom is -0.379 e. The number of rotatable bonds is 3. The van der Waals surface area contributed by atoms with Gasteiger partial charge < -0.3 is 38.1 Å². The van der Waals surface area contributed by atoms with Gasteiger partial charge in [0.2, 0.25) is 0 Å². The molecule has 0 radical (unpaired) electrons. The Bertz CT molecular complexity index is 313. The summed E-state index contributed by atoms with van der Waals surface area (Å²) in [5.74, 6) is -3.35. The number of aliphatic hydroxyl groups is 2. The maximum Gasteiger partial charge on any atom is 0.651 e. The van der Waals surface area contributed by atoms with Crippen LogP contribution >= 0.6 is 0 Å². The molecule has 6 fully saturated rings. The van der Waals surface area contributed by atoms with E-state index < -0.39 is 37.8 Å². The smallest absolute Gasteiger partial charge is 0.379 e. The second kappa shape index (κ2) is 2.20. The first-order valence-corrected chi connectivity index (χ1v) is 4.84. The Morgan fingerprint density at radius 1 is 0.750 bits per heavy atom. The Balaban J connectivity index is 1.67. The zero-order chi connectivity index (χ0) is 11.4. The summed E-state index contributed by atoms with van der Waals surface area (Å²) in [5, 5.41) is 20.6. The van der Waals surface area contributed by atoms with Crippen LogP contribution < -0.4 is 0 Å². The van der Waals surface area contributed by atoms with Crippen LogP contribution in [0.25, 0.3) is 0 Å². The third-order valence-electron chi connectivity index (χ3n) is 3.65. The molecule has 2 atom stereocenters. The van der Waals surface area contributed by atoms with Gasteiger partial charge >= 0.3 is 14.6 Å². The molecule has 2 unspecified atom stereocenters. The number of hydrogen-bond acceptors (Lipinski definition) is 8. The molecular formula is C6H8B2O8. The normalized spacial score (nSPS) is 38.2. The van der Waals surface area contributed by atoms with Crippen molar-refractivity contribution in [3.8, 4) is 0 Å². The maximum atomic E-state index is 10.3. The monoisotopic (exact) mass is 230 g/mol. The lowest BCUT2D eigenvalue weighted by Gasteiger charge is -2.69. The predicted octanol–water partition coefficient (Wildman–Crippen LogP) is -2.08. The van der Waals surface area contributed by atoms with Crippen LogP contribution in [0.1, 0.15) is 13.8 Å². The van der Waals surface area contributed by atoms with E-state index in [1.54, 1.807) is 0 Å². The van der Waals surface area contributed by atoms with Crippen molar-refractivity contribution in [2.75, 3.05) is 0 Å². The largest absolute Gasteiger partial charge is 0.651 e. The van der Waals surface area contributed by atoms with E-state index in [-0.39, 0.29) is 0 Å². The first-order valence-electron chi connectivity index (χ1n) is 4.84. The third kappa shape index (κ3) is 0.702. The predicted molar refractivity (Wildman–Crippen MR) is 44.7 cm³/mol. The molecule has 10 heteroatoms. The van der Waals surface area contributed by atoms with E-state index in [2.05, 4.69) is 0 Å². The molecule has 0 saturated carbocycles. The second-order valence-electron chi connectivity index (χ2n) is 4.54. The molecule has 86 valence electrons. The molecule has 0 aromatic heterocycles. The van der Waals surface area contributed by atoms with Crippen LogP contribution in [0.15, 0.2) is 0 Å². The van der Waals surface area contributed by atoms with E-state index in [1.165, 1.54) is 13.8 Å². The molecule has 6 heterocycles. The van der Waals surface area contributed by atoms with Crippen LogP contribution in [0.3, 0.4) is 0 Å². The summed E-state index contributed by atoms with van der Waals surface area (Å²) in [6.45, 7) is 2.58. The molecule has 2 N–H and O–H groups in total. The summed E-state index contributed by atoms with van der Waals surface area (Å²) < 4.78 is 30.2. The highest BCUT2D eigenvalue weighted by atomic mass is 17.1. The highest BCUT2D eigenvalue weighted by Gasteiger charge is 2.88. The highest BCUT2D eigenvalue weighted by molar-refractivity contribution is 6.44. The van der Waals surface area contributed by atoms with Gasteiger partial charge in [0.15, 0.2) is 11.2 Å². The zero-order valence-electron chi connectivity index (χ0n) is 8.50. The molecule has 0 aromatic rings. The van der Waals surface area contributed by atoms with Crippen molar-refractivity contribution in [1.82, 2.24) is 0 Å². The summed E-state index contributed by atoms with van der Waals surface area (Å²) in [7, 11) is -1.53. The molecule has 0 aromatic carbocycles. The fourth-order valence-corrected chi connectivity index (χ4v) is 2.10. The third-order valence-corrected chi connectivity index (χ3v) is 3.65. The second-order valence-corrected chi connectivity index (χ2v) is 4.54. The van der Waals surface area contributed by atoms with E-state index in [9.17, 15) is 10.2 Å². The van der Waals surface area contributed by atoms with Crippen molar-refractivity contribution in [3.63, 3.8) is 0 Å². The van der Waals surface area contributed by atoms with Gasteiger partial charge in [-0.25, -0.2) is 0 Å². The topological polar surface area (TPSA) is 95.8 Å². The molecule has 0 spiro atoms. The quantitative estimate of drug-likeness (QED) is 0.533. The Morgan fingerprint density at radius 3 is 1.12 bits per heavy atom. The average molecular weight is 230 g/mol. The minimum atomic E-state index is -1.92. The van der Waals surface area contributed by atoms with Gasteiger partial charge in [0, 0.05) is 0 Å². The Labute approximate surface area is 90.7 Å². The average Bonchev–Trinajstić information content (AvgIpc) is 1.65. The van der Waals surface area contributed by atoms with Crippen molar-refractivity contribution in [2.24, 2.45) is 0 Å². The Hall–Kier alpha value is -0.190. The van der Waals surface area contributed by atoms with Gasteiger partial charge in [-0.2, -0.15) is 0 Å². The molecule has 16 heavy (non-hydrogen) atoms. The zero-order valence-corrected chi connectivity index (χ0v) is 8.50. The lowest BCUT2D eigenvalue weighted by molar-refractivity contribution is -0.577. The van der Waals surface area contributed by atoms with Crippen molar-refractivity contribution in [1.29, 1.82) is 0 Å². The summed E-state index contributed by atoms with van der Waals surface area (Å²) in [5.41, 5.74) is -3.83. The minimum absolute atomic E-state index is 0.766. The SMILES string of the molecule is CC(O)(C12OB(O1)O2)C(C)(O)C12OB(O1)O2. The summed E-state index contributed by atoms with van der Waals surface area (Å²) >= 11 is 0. The van der Waals surface area contributed by atoms with E-state index in [0.717, 1.165) is 0 Å². The molecule has 4 bridgehead atoms.